The molecule has 3 heterocycles. The van der Waals surface area contributed by atoms with Gasteiger partial charge < -0.3 is 14.4 Å². The SMILES string of the molecule is O=C(C1CCCO1)N1CCC(c2nccnc2Oc2ccc(F)cc2)CC1. The molecule has 7 heteroatoms. The second kappa shape index (κ2) is 8.00. The van der Waals surface area contributed by atoms with Crippen LogP contribution in [0.5, 0.6) is 11.6 Å². The predicted molar refractivity (Wildman–Crippen MR) is 96.0 cm³/mol. The van der Waals surface area contributed by atoms with E-state index in [1.54, 1.807) is 24.5 Å². The molecular formula is C20H22FN3O3. The van der Waals surface area contributed by atoms with Gasteiger partial charge in [-0.25, -0.2) is 9.37 Å². The molecule has 2 aliphatic heterocycles. The van der Waals surface area contributed by atoms with E-state index in [1.807, 2.05) is 4.90 Å². The summed E-state index contributed by atoms with van der Waals surface area (Å²) in [7, 11) is 0. The minimum Gasteiger partial charge on any atom is -0.437 e. The Kier molecular flexibility index (Phi) is 5.29. The molecule has 2 aromatic rings. The van der Waals surface area contributed by atoms with Crippen molar-refractivity contribution in [2.75, 3.05) is 19.7 Å². The molecule has 142 valence electrons. The minimum absolute atomic E-state index is 0.105. The summed E-state index contributed by atoms with van der Waals surface area (Å²) in [4.78, 5) is 23.2. The number of rotatable bonds is 4. The number of likely N-dealkylation sites (tertiary alicyclic amines) is 1. The Bertz CT molecular complexity index is 785. The summed E-state index contributed by atoms with van der Waals surface area (Å²) in [5, 5.41) is 0. The number of carbonyl (C=O) groups is 1. The van der Waals surface area contributed by atoms with Crippen LogP contribution in [0.3, 0.4) is 0 Å². The molecule has 0 saturated carbocycles. The van der Waals surface area contributed by atoms with Crippen LogP contribution in [-0.4, -0.2) is 46.6 Å². The van der Waals surface area contributed by atoms with Gasteiger partial charge in [0.15, 0.2) is 0 Å². The number of amides is 1. The Morgan fingerprint density at radius 1 is 1.11 bits per heavy atom. The summed E-state index contributed by atoms with van der Waals surface area (Å²) in [6.07, 6.45) is 6.34. The molecule has 0 N–H and O–H groups in total. The van der Waals surface area contributed by atoms with Crippen molar-refractivity contribution in [2.45, 2.75) is 37.7 Å². The fraction of sp³-hybridized carbons (Fsp3) is 0.450. The van der Waals surface area contributed by atoms with E-state index < -0.39 is 0 Å². The monoisotopic (exact) mass is 371 g/mol. The van der Waals surface area contributed by atoms with Gasteiger partial charge in [-0.15, -0.1) is 0 Å². The Hall–Kier alpha value is -2.54. The van der Waals surface area contributed by atoms with Gasteiger partial charge in [0.1, 0.15) is 23.4 Å². The lowest BCUT2D eigenvalue weighted by atomic mass is 9.93. The molecule has 1 aromatic heterocycles. The van der Waals surface area contributed by atoms with Crippen LogP contribution in [0, 0.1) is 5.82 Å². The molecule has 1 atom stereocenters. The van der Waals surface area contributed by atoms with Gasteiger partial charge in [0.25, 0.3) is 5.91 Å². The summed E-state index contributed by atoms with van der Waals surface area (Å²) in [5.41, 5.74) is 0.783. The Labute approximate surface area is 157 Å². The first-order valence-electron chi connectivity index (χ1n) is 9.35. The number of carbonyl (C=O) groups excluding carboxylic acids is 1. The Morgan fingerprint density at radius 2 is 1.85 bits per heavy atom. The summed E-state index contributed by atoms with van der Waals surface area (Å²) >= 11 is 0. The molecule has 6 nitrogen and oxygen atoms in total. The van der Waals surface area contributed by atoms with Gasteiger partial charge >= 0.3 is 0 Å². The summed E-state index contributed by atoms with van der Waals surface area (Å²) in [6, 6.07) is 5.83. The predicted octanol–water partition coefficient (Wildman–Crippen LogP) is 3.29. The number of nitrogens with zero attached hydrogens (tertiary/aromatic N) is 3. The molecule has 27 heavy (non-hydrogen) atoms. The van der Waals surface area contributed by atoms with Gasteiger partial charge in [0.2, 0.25) is 5.88 Å². The standard InChI is InChI=1S/C20H22FN3O3/c21-15-3-5-16(6-4-15)27-19-18(22-9-10-23-19)14-7-11-24(12-8-14)20(25)17-2-1-13-26-17/h3-6,9-10,14,17H,1-2,7-8,11-13H2. The zero-order valence-corrected chi connectivity index (χ0v) is 15.0. The van der Waals surface area contributed by atoms with Crippen LogP contribution in [0.2, 0.25) is 0 Å². The van der Waals surface area contributed by atoms with E-state index in [-0.39, 0.29) is 23.7 Å². The first kappa shape index (κ1) is 17.9. The second-order valence-electron chi connectivity index (χ2n) is 6.90. The van der Waals surface area contributed by atoms with Crippen molar-refractivity contribution in [2.24, 2.45) is 0 Å². The van der Waals surface area contributed by atoms with Crippen LogP contribution in [0.15, 0.2) is 36.7 Å². The second-order valence-corrected chi connectivity index (χ2v) is 6.90. The third kappa shape index (κ3) is 4.08. The number of ether oxygens (including phenoxy) is 2. The zero-order chi connectivity index (χ0) is 18.6. The van der Waals surface area contributed by atoms with Crippen LogP contribution in [-0.2, 0) is 9.53 Å². The number of halogens is 1. The number of hydrogen-bond donors (Lipinski definition) is 0. The summed E-state index contributed by atoms with van der Waals surface area (Å²) in [5.74, 6) is 0.915. The maximum absolute atomic E-state index is 13.1. The average Bonchev–Trinajstić information content (AvgIpc) is 3.25. The Morgan fingerprint density at radius 3 is 2.56 bits per heavy atom. The number of piperidine rings is 1. The van der Waals surface area contributed by atoms with Crippen molar-refractivity contribution in [1.82, 2.24) is 14.9 Å². The normalized spacial score (nSPS) is 20.6. The van der Waals surface area contributed by atoms with Crippen molar-refractivity contribution in [3.05, 3.63) is 48.2 Å². The third-order valence-corrected chi connectivity index (χ3v) is 5.12. The highest BCUT2D eigenvalue weighted by molar-refractivity contribution is 5.81. The number of benzene rings is 1. The molecule has 1 unspecified atom stereocenters. The lowest BCUT2D eigenvalue weighted by Gasteiger charge is -2.33. The minimum atomic E-state index is -0.315. The topological polar surface area (TPSA) is 64.5 Å². The summed E-state index contributed by atoms with van der Waals surface area (Å²) in [6.45, 7) is 2.03. The molecule has 1 aromatic carbocycles. The van der Waals surface area contributed by atoms with E-state index in [0.717, 1.165) is 31.4 Å². The van der Waals surface area contributed by atoms with Crippen molar-refractivity contribution in [3.8, 4) is 11.6 Å². The highest BCUT2D eigenvalue weighted by Crippen LogP contribution is 2.34. The van der Waals surface area contributed by atoms with Crippen molar-refractivity contribution in [1.29, 1.82) is 0 Å². The molecule has 2 aliphatic rings. The highest BCUT2D eigenvalue weighted by Gasteiger charge is 2.32. The van der Waals surface area contributed by atoms with Crippen LogP contribution in [0.1, 0.15) is 37.3 Å². The van der Waals surface area contributed by atoms with E-state index in [4.69, 9.17) is 9.47 Å². The van der Waals surface area contributed by atoms with Gasteiger partial charge in [-0.05, 0) is 49.9 Å². The molecule has 2 saturated heterocycles. The maximum Gasteiger partial charge on any atom is 0.251 e. The van der Waals surface area contributed by atoms with Crippen LogP contribution in [0.25, 0.3) is 0 Å². The fourth-order valence-electron chi connectivity index (χ4n) is 3.66. The molecule has 1 amide bonds. The largest absolute Gasteiger partial charge is 0.437 e. The van der Waals surface area contributed by atoms with Crippen molar-refractivity contribution < 1.29 is 18.7 Å². The van der Waals surface area contributed by atoms with E-state index in [0.29, 0.717) is 31.3 Å². The van der Waals surface area contributed by atoms with Crippen molar-refractivity contribution >= 4 is 5.91 Å². The molecular weight excluding hydrogens is 349 g/mol. The van der Waals surface area contributed by atoms with E-state index in [1.165, 1.54) is 12.1 Å². The first-order chi connectivity index (χ1) is 13.2. The highest BCUT2D eigenvalue weighted by atomic mass is 19.1. The average molecular weight is 371 g/mol. The molecule has 0 aliphatic carbocycles. The first-order valence-corrected chi connectivity index (χ1v) is 9.35. The third-order valence-electron chi connectivity index (χ3n) is 5.12. The number of hydrogen-bond acceptors (Lipinski definition) is 5. The van der Waals surface area contributed by atoms with Crippen LogP contribution >= 0.6 is 0 Å². The molecule has 4 rings (SSSR count). The Balaban J connectivity index is 1.42. The zero-order valence-electron chi connectivity index (χ0n) is 15.0. The van der Waals surface area contributed by atoms with Crippen LogP contribution in [0.4, 0.5) is 4.39 Å². The van der Waals surface area contributed by atoms with Gasteiger partial charge in [-0.3, -0.25) is 9.78 Å². The lowest BCUT2D eigenvalue weighted by molar-refractivity contribution is -0.142. The van der Waals surface area contributed by atoms with Gasteiger partial charge in [0, 0.05) is 38.0 Å². The van der Waals surface area contributed by atoms with Gasteiger partial charge in [-0.1, -0.05) is 0 Å². The van der Waals surface area contributed by atoms with Gasteiger partial charge in [-0.2, -0.15) is 0 Å². The van der Waals surface area contributed by atoms with E-state index in [2.05, 4.69) is 9.97 Å². The van der Waals surface area contributed by atoms with E-state index >= 15 is 0 Å². The number of aromatic nitrogens is 2. The smallest absolute Gasteiger partial charge is 0.251 e. The molecule has 2 fully saturated rings. The lowest BCUT2D eigenvalue weighted by Crippen LogP contribution is -2.43. The van der Waals surface area contributed by atoms with Crippen molar-refractivity contribution in [3.63, 3.8) is 0 Å². The quantitative estimate of drug-likeness (QED) is 0.825. The molecule has 0 spiro atoms. The van der Waals surface area contributed by atoms with E-state index in [9.17, 15) is 9.18 Å². The molecule has 0 radical (unpaired) electrons. The van der Waals surface area contributed by atoms with Crippen LogP contribution < -0.4 is 4.74 Å². The molecule has 0 bridgehead atoms. The van der Waals surface area contributed by atoms with Gasteiger partial charge in [0.05, 0.1) is 0 Å². The summed E-state index contributed by atoms with van der Waals surface area (Å²) < 4.78 is 24.4. The maximum atomic E-state index is 13.1. The fourth-order valence-corrected chi connectivity index (χ4v) is 3.66.